The minimum Gasteiger partial charge on any atom is -0.469 e. The lowest BCUT2D eigenvalue weighted by Crippen LogP contribution is -2.73. The van der Waals surface area contributed by atoms with Crippen LogP contribution in [0.3, 0.4) is 0 Å². The number of esters is 1. The molecule has 4 aliphatic heterocycles. The lowest BCUT2D eigenvalue weighted by molar-refractivity contribution is -0.161. The zero-order chi connectivity index (χ0) is 17.0. The number of fused-ring (bicyclic) bond motifs is 4. The summed E-state index contributed by atoms with van der Waals surface area (Å²) < 4.78 is 12.0. The van der Waals surface area contributed by atoms with Crippen molar-refractivity contribution in [1.29, 1.82) is 0 Å². The van der Waals surface area contributed by atoms with Gasteiger partial charge in [-0.2, -0.15) is 0 Å². The van der Waals surface area contributed by atoms with Gasteiger partial charge in [0.05, 0.1) is 24.5 Å². The summed E-state index contributed by atoms with van der Waals surface area (Å²) in [6.45, 7) is 2.99. The molecule has 1 aromatic carbocycles. The van der Waals surface area contributed by atoms with Crippen LogP contribution in [0.1, 0.15) is 25.3 Å². The highest BCUT2D eigenvalue weighted by Gasteiger charge is 2.82. The van der Waals surface area contributed by atoms with E-state index in [1.807, 2.05) is 0 Å². The number of nitrogens with one attached hydrogen (secondary N) is 1. The number of hydrogen-bond donors (Lipinski definition) is 1. The third kappa shape index (κ3) is 1.30. The lowest BCUT2D eigenvalue weighted by atomic mass is 9.49. The van der Waals surface area contributed by atoms with E-state index in [1.165, 1.54) is 18.2 Å². The summed E-state index contributed by atoms with van der Waals surface area (Å²) in [6, 6.07) is 8.74. The fraction of sp³-hybridized carbons (Fsp3) is 0.550. The standard InChI is InChI=1S/C20H22N2O3/c1-3-11-10-22-15-8-12(11)17(18(23)24-2)19-9-16(22)25-20(15,19)21-14-7-5-4-6-13(14)19/h3-7,12,15-17,21H,8-10H2,1-2H3/t12?,15?,16?,17?,19-,20-/m0/s1. The van der Waals surface area contributed by atoms with Gasteiger partial charge in [0.15, 0.2) is 5.72 Å². The van der Waals surface area contributed by atoms with E-state index in [-0.39, 0.29) is 29.4 Å². The molecule has 3 saturated heterocycles. The summed E-state index contributed by atoms with van der Waals surface area (Å²) >= 11 is 0. The predicted octanol–water partition coefficient (Wildman–Crippen LogP) is 2.25. The largest absolute Gasteiger partial charge is 0.469 e. The van der Waals surface area contributed by atoms with Crippen LogP contribution in [0.25, 0.3) is 0 Å². The third-order valence-electron chi connectivity index (χ3n) is 7.53. The maximum absolute atomic E-state index is 13.1. The molecule has 4 fully saturated rings. The number of piperidine rings is 2. The van der Waals surface area contributed by atoms with E-state index in [1.54, 1.807) is 0 Å². The molecule has 1 aliphatic carbocycles. The molecule has 6 rings (SSSR count). The van der Waals surface area contributed by atoms with Gasteiger partial charge in [0.25, 0.3) is 0 Å². The van der Waals surface area contributed by atoms with Gasteiger partial charge in [-0.1, -0.05) is 29.8 Å². The number of rotatable bonds is 1. The molecule has 5 aliphatic rings. The van der Waals surface area contributed by atoms with Crippen LogP contribution in [-0.2, 0) is 19.7 Å². The van der Waals surface area contributed by atoms with Crippen LogP contribution in [0, 0.1) is 11.8 Å². The molecule has 130 valence electrons. The smallest absolute Gasteiger partial charge is 0.310 e. The Labute approximate surface area is 147 Å². The first-order chi connectivity index (χ1) is 12.2. The molecule has 4 heterocycles. The fourth-order valence-electron chi connectivity index (χ4n) is 6.75. The second kappa shape index (κ2) is 4.27. The molecule has 1 spiro atoms. The Bertz CT molecular complexity index is 836. The van der Waals surface area contributed by atoms with E-state index in [9.17, 15) is 4.79 Å². The number of carbonyl (C=O) groups excluding carboxylic acids is 1. The van der Waals surface area contributed by atoms with Crippen molar-refractivity contribution in [2.24, 2.45) is 11.8 Å². The molecule has 0 amide bonds. The van der Waals surface area contributed by atoms with E-state index in [2.05, 4.69) is 47.5 Å². The van der Waals surface area contributed by atoms with Gasteiger partial charge in [0, 0.05) is 18.7 Å². The molecular weight excluding hydrogens is 316 g/mol. The molecule has 0 radical (unpaired) electrons. The maximum Gasteiger partial charge on any atom is 0.310 e. The zero-order valence-electron chi connectivity index (χ0n) is 14.5. The van der Waals surface area contributed by atoms with Gasteiger partial charge in [-0.15, -0.1) is 0 Å². The van der Waals surface area contributed by atoms with E-state index < -0.39 is 5.72 Å². The zero-order valence-corrected chi connectivity index (χ0v) is 14.5. The monoisotopic (exact) mass is 338 g/mol. The van der Waals surface area contributed by atoms with Gasteiger partial charge in [-0.3, -0.25) is 9.69 Å². The maximum atomic E-state index is 13.1. The molecule has 1 saturated carbocycles. The summed E-state index contributed by atoms with van der Waals surface area (Å²) in [5, 5.41) is 3.73. The van der Waals surface area contributed by atoms with Crippen molar-refractivity contribution < 1.29 is 14.3 Å². The van der Waals surface area contributed by atoms with Crippen molar-refractivity contribution in [3.63, 3.8) is 0 Å². The van der Waals surface area contributed by atoms with Crippen molar-refractivity contribution in [2.75, 3.05) is 19.0 Å². The number of benzene rings is 1. The van der Waals surface area contributed by atoms with E-state index in [0.717, 1.165) is 25.1 Å². The Hall–Kier alpha value is -1.85. The average Bonchev–Trinajstić information content (AvgIpc) is 3.22. The second-order valence-corrected chi connectivity index (χ2v) is 8.05. The van der Waals surface area contributed by atoms with Gasteiger partial charge >= 0.3 is 5.97 Å². The quantitative estimate of drug-likeness (QED) is 0.629. The molecule has 25 heavy (non-hydrogen) atoms. The van der Waals surface area contributed by atoms with Crippen LogP contribution in [0.5, 0.6) is 0 Å². The molecule has 5 nitrogen and oxygen atoms in total. The number of methoxy groups -OCH3 is 1. The van der Waals surface area contributed by atoms with Gasteiger partial charge in [-0.25, -0.2) is 0 Å². The highest BCUT2D eigenvalue weighted by molar-refractivity contribution is 5.81. The Morgan fingerprint density at radius 3 is 3.08 bits per heavy atom. The second-order valence-electron chi connectivity index (χ2n) is 8.05. The molecular formula is C20H22N2O3. The van der Waals surface area contributed by atoms with Gasteiger partial charge < -0.3 is 14.8 Å². The first-order valence-electron chi connectivity index (χ1n) is 9.20. The van der Waals surface area contributed by atoms with E-state index >= 15 is 0 Å². The number of hydrogen-bond acceptors (Lipinski definition) is 5. The van der Waals surface area contributed by atoms with Crippen molar-refractivity contribution in [1.82, 2.24) is 4.90 Å². The van der Waals surface area contributed by atoms with Gasteiger partial charge in [0.2, 0.25) is 0 Å². The van der Waals surface area contributed by atoms with Crippen LogP contribution < -0.4 is 5.32 Å². The predicted molar refractivity (Wildman–Crippen MR) is 91.8 cm³/mol. The van der Waals surface area contributed by atoms with Crippen molar-refractivity contribution in [3.8, 4) is 0 Å². The topological polar surface area (TPSA) is 50.8 Å². The van der Waals surface area contributed by atoms with Crippen molar-refractivity contribution >= 4 is 11.7 Å². The number of allylic oxidation sites excluding steroid dienone is 1. The summed E-state index contributed by atoms with van der Waals surface area (Å²) in [7, 11) is 1.52. The van der Waals surface area contributed by atoms with Crippen molar-refractivity contribution in [3.05, 3.63) is 41.5 Å². The minimum atomic E-state index is -0.490. The highest BCUT2D eigenvalue weighted by atomic mass is 16.6. The Balaban J connectivity index is 1.67. The van der Waals surface area contributed by atoms with Gasteiger partial charge in [-0.05, 0) is 30.9 Å². The first kappa shape index (κ1) is 14.3. The SMILES string of the molecule is CC=C1CN2C3C[C@@]45c6ccccc6N[C@]4(O3)C2CC1C5C(=O)OC. The molecule has 6 atom stereocenters. The van der Waals surface area contributed by atoms with Crippen LogP contribution in [-0.4, -0.2) is 42.5 Å². The third-order valence-corrected chi connectivity index (χ3v) is 7.53. The van der Waals surface area contributed by atoms with Crippen LogP contribution >= 0.6 is 0 Å². The molecule has 5 heteroatoms. The first-order valence-corrected chi connectivity index (χ1v) is 9.20. The number of carbonyl (C=O) groups is 1. The van der Waals surface area contributed by atoms with E-state index in [4.69, 9.17) is 9.47 Å². The molecule has 4 bridgehead atoms. The Kier molecular flexibility index (Phi) is 2.45. The summed E-state index contributed by atoms with van der Waals surface area (Å²) in [4.78, 5) is 15.6. The van der Waals surface area contributed by atoms with Crippen LogP contribution in [0.2, 0.25) is 0 Å². The molecule has 1 N–H and O–H groups in total. The fourth-order valence-corrected chi connectivity index (χ4v) is 6.75. The molecule has 4 unspecified atom stereocenters. The number of ether oxygens (including phenoxy) is 2. The van der Waals surface area contributed by atoms with Gasteiger partial charge in [0.1, 0.15) is 6.23 Å². The normalized spacial score (nSPS) is 46.9. The Morgan fingerprint density at radius 2 is 2.28 bits per heavy atom. The summed E-state index contributed by atoms with van der Waals surface area (Å²) in [5.41, 5.74) is 2.89. The highest BCUT2D eigenvalue weighted by Crippen LogP contribution is 2.72. The molecule has 0 aromatic heterocycles. The minimum absolute atomic E-state index is 0.0780. The summed E-state index contributed by atoms with van der Waals surface area (Å²) in [5.74, 6) is -0.0451. The molecule has 1 aromatic rings. The van der Waals surface area contributed by atoms with Crippen LogP contribution in [0.4, 0.5) is 5.69 Å². The number of para-hydroxylation sites is 1. The number of anilines is 1. The number of nitrogens with zero attached hydrogens (tertiary/aromatic N) is 1. The summed E-state index contributed by atoms with van der Waals surface area (Å²) in [6.07, 6.45) is 4.10. The average molecular weight is 338 g/mol. The van der Waals surface area contributed by atoms with Crippen LogP contribution in [0.15, 0.2) is 35.9 Å². The lowest BCUT2D eigenvalue weighted by Gasteiger charge is -2.60. The van der Waals surface area contributed by atoms with Crippen molar-refractivity contribution in [2.45, 2.75) is 43.2 Å². The Morgan fingerprint density at radius 1 is 1.44 bits per heavy atom. The van der Waals surface area contributed by atoms with E-state index in [0.29, 0.717) is 6.04 Å².